The van der Waals surface area contributed by atoms with Crippen molar-refractivity contribution >= 4 is 29.1 Å². The monoisotopic (exact) mass is 338 g/mol. The van der Waals surface area contributed by atoms with Crippen LogP contribution in [0.1, 0.15) is 22.4 Å². The molecular formula is C16H16Cl2N2O2. The lowest BCUT2D eigenvalue weighted by molar-refractivity contribution is -0.120. The number of benzene rings is 1. The summed E-state index contributed by atoms with van der Waals surface area (Å²) >= 11 is 11.8. The molecule has 2 rings (SSSR count). The Balaban J connectivity index is 2.01. The van der Waals surface area contributed by atoms with E-state index in [2.05, 4.69) is 10.3 Å². The minimum absolute atomic E-state index is 0.174. The number of rotatable bonds is 4. The summed E-state index contributed by atoms with van der Waals surface area (Å²) < 4.78 is 0. The standard InChI is InChI=1S/C16H16Cl2N2O2/c1-9-5-10(2)20-16(22)12(9)8-19-15(21)7-11-3-4-13(17)14(18)6-11/h3-6H,7-8H2,1-2H3,(H,19,21)(H,20,22). The van der Waals surface area contributed by atoms with E-state index in [-0.39, 0.29) is 24.4 Å². The molecule has 22 heavy (non-hydrogen) atoms. The van der Waals surface area contributed by atoms with Gasteiger partial charge in [0.25, 0.3) is 5.56 Å². The first-order valence-electron chi connectivity index (χ1n) is 6.77. The fourth-order valence-electron chi connectivity index (χ4n) is 2.19. The Labute approximate surface area is 138 Å². The molecule has 2 N–H and O–H groups in total. The highest BCUT2D eigenvalue weighted by atomic mass is 35.5. The summed E-state index contributed by atoms with van der Waals surface area (Å²) in [4.78, 5) is 26.6. The topological polar surface area (TPSA) is 62.0 Å². The Morgan fingerprint density at radius 3 is 2.55 bits per heavy atom. The molecular weight excluding hydrogens is 323 g/mol. The zero-order valence-corrected chi connectivity index (χ0v) is 13.8. The molecule has 1 aromatic carbocycles. The van der Waals surface area contributed by atoms with E-state index in [4.69, 9.17) is 23.2 Å². The first-order chi connectivity index (χ1) is 10.4. The molecule has 0 aliphatic rings. The van der Waals surface area contributed by atoms with E-state index in [1.807, 2.05) is 19.9 Å². The number of pyridine rings is 1. The van der Waals surface area contributed by atoms with Crippen molar-refractivity contribution < 1.29 is 4.79 Å². The zero-order chi connectivity index (χ0) is 16.3. The van der Waals surface area contributed by atoms with E-state index in [0.717, 1.165) is 16.8 Å². The van der Waals surface area contributed by atoms with Crippen molar-refractivity contribution in [3.8, 4) is 0 Å². The van der Waals surface area contributed by atoms with E-state index < -0.39 is 0 Å². The molecule has 1 aromatic heterocycles. The average molecular weight is 339 g/mol. The van der Waals surface area contributed by atoms with Gasteiger partial charge in [0.05, 0.1) is 16.5 Å². The molecule has 0 saturated heterocycles. The molecule has 0 atom stereocenters. The van der Waals surface area contributed by atoms with Crippen LogP contribution in [0, 0.1) is 13.8 Å². The number of H-pyrrole nitrogens is 1. The lowest BCUT2D eigenvalue weighted by Crippen LogP contribution is -2.29. The summed E-state index contributed by atoms with van der Waals surface area (Å²) in [5, 5.41) is 3.61. The Morgan fingerprint density at radius 1 is 1.18 bits per heavy atom. The summed E-state index contributed by atoms with van der Waals surface area (Å²) in [5.41, 5.74) is 2.81. The molecule has 0 spiro atoms. The molecule has 0 saturated carbocycles. The summed E-state index contributed by atoms with van der Waals surface area (Å²) in [6.07, 6.45) is 0.180. The lowest BCUT2D eigenvalue weighted by atomic mass is 10.1. The average Bonchev–Trinajstić information content (AvgIpc) is 2.41. The number of halogens is 2. The minimum Gasteiger partial charge on any atom is -0.352 e. The van der Waals surface area contributed by atoms with Gasteiger partial charge in [0.2, 0.25) is 5.91 Å². The van der Waals surface area contributed by atoms with Crippen LogP contribution in [0.25, 0.3) is 0 Å². The number of carbonyl (C=O) groups excluding carboxylic acids is 1. The second-order valence-corrected chi connectivity index (χ2v) is 5.96. The van der Waals surface area contributed by atoms with Gasteiger partial charge in [-0.25, -0.2) is 0 Å². The second-order valence-electron chi connectivity index (χ2n) is 5.15. The predicted octanol–water partition coefficient (Wildman–Crippen LogP) is 3.16. The molecule has 0 bridgehead atoms. The first-order valence-corrected chi connectivity index (χ1v) is 7.52. The third-order valence-corrected chi connectivity index (χ3v) is 4.04. The zero-order valence-electron chi connectivity index (χ0n) is 12.3. The number of aryl methyl sites for hydroxylation is 2. The third-order valence-electron chi connectivity index (χ3n) is 3.30. The molecule has 2 aromatic rings. The van der Waals surface area contributed by atoms with Crippen LogP contribution in [0.4, 0.5) is 0 Å². The van der Waals surface area contributed by atoms with Crippen molar-refractivity contribution in [1.29, 1.82) is 0 Å². The Bertz CT molecular complexity index is 769. The summed E-state index contributed by atoms with van der Waals surface area (Å²) in [6, 6.07) is 6.94. The molecule has 0 aliphatic heterocycles. The van der Waals surface area contributed by atoms with Crippen molar-refractivity contribution in [2.75, 3.05) is 0 Å². The van der Waals surface area contributed by atoms with E-state index >= 15 is 0 Å². The van der Waals surface area contributed by atoms with E-state index in [1.165, 1.54) is 0 Å². The van der Waals surface area contributed by atoms with Crippen LogP contribution in [-0.4, -0.2) is 10.9 Å². The van der Waals surface area contributed by atoms with Crippen LogP contribution in [0.2, 0.25) is 10.0 Å². The fourth-order valence-corrected chi connectivity index (χ4v) is 2.51. The number of amides is 1. The number of carbonyl (C=O) groups is 1. The van der Waals surface area contributed by atoms with Gasteiger partial charge in [0, 0.05) is 17.8 Å². The number of hydrogen-bond acceptors (Lipinski definition) is 2. The normalized spacial score (nSPS) is 10.5. The van der Waals surface area contributed by atoms with Crippen molar-refractivity contribution in [3.63, 3.8) is 0 Å². The molecule has 1 heterocycles. The van der Waals surface area contributed by atoms with Gasteiger partial charge < -0.3 is 10.3 Å². The number of nitrogens with one attached hydrogen (secondary N) is 2. The molecule has 6 heteroatoms. The molecule has 0 aliphatic carbocycles. The molecule has 116 valence electrons. The van der Waals surface area contributed by atoms with Gasteiger partial charge in [-0.15, -0.1) is 0 Å². The van der Waals surface area contributed by atoms with Crippen LogP contribution in [-0.2, 0) is 17.8 Å². The smallest absolute Gasteiger partial charge is 0.253 e. The molecule has 0 unspecified atom stereocenters. The number of aromatic amines is 1. The minimum atomic E-state index is -0.183. The SMILES string of the molecule is Cc1cc(C)c(CNC(=O)Cc2ccc(Cl)c(Cl)c2)c(=O)[nH]1. The number of hydrogen-bond donors (Lipinski definition) is 2. The van der Waals surface area contributed by atoms with Crippen molar-refractivity contribution in [2.24, 2.45) is 0 Å². The number of aromatic nitrogens is 1. The molecule has 0 radical (unpaired) electrons. The van der Waals surface area contributed by atoms with Gasteiger partial charge in [-0.2, -0.15) is 0 Å². The largest absolute Gasteiger partial charge is 0.352 e. The predicted molar refractivity (Wildman–Crippen MR) is 88.5 cm³/mol. The van der Waals surface area contributed by atoms with E-state index in [1.54, 1.807) is 18.2 Å². The first kappa shape index (κ1) is 16.6. The van der Waals surface area contributed by atoms with Crippen LogP contribution in [0.5, 0.6) is 0 Å². The quantitative estimate of drug-likeness (QED) is 0.899. The summed E-state index contributed by atoms with van der Waals surface area (Å²) in [7, 11) is 0. The lowest BCUT2D eigenvalue weighted by Gasteiger charge is -2.08. The van der Waals surface area contributed by atoms with Crippen molar-refractivity contribution in [2.45, 2.75) is 26.8 Å². The van der Waals surface area contributed by atoms with Crippen LogP contribution in [0.3, 0.4) is 0 Å². The van der Waals surface area contributed by atoms with Gasteiger partial charge in [0.15, 0.2) is 0 Å². The molecule has 0 fully saturated rings. The van der Waals surface area contributed by atoms with Gasteiger partial charge in [-0.3, -0.25) is 9.59 Å². The van der Waals surface area contributed by atoms with Crippen molar-refractivity contribution in [3.05, 3.63) is 67.0 Å². The van der Waals surface area contributed by atoms with Crippen LogP contribution >= 0.6 is 23.2 Å². The highest BCUT2D eigenvalue weighted by Gasteiger charge is 2.09. The fraction of sp³-hybridized carbons (Fsp3) is 0.250. The maximum atomic E-state index is 12.0. The maximum Gasteiger partial charge on any atom is 0.253 e. The highest BCUT2D eigenvalue weighted by Crippen LogP contribution is 2.22. The van der Waals surface area contributed by atoms with Crippen LogP contribution < -0.4 is 10.9 Å². The maximum absolute atomic E-state index is 12.0. The highest BCUT2D eigenvalue weighted by molar-refractivity contribution is 6.42. The molecule has 4 nitrogen and oxygen atoms in total. The van der Waals surface area contributed by atoms with E-state index in [0.29, 0.717) is 15.6 Å². The summed E-state index contributed by atoms with van der Waals surface area (Å²) in [5.74, 6) is -0.183. The van der Waals surface area contributed by atoms with E-state index in [9.17, 15) is 9.59 Å². The Kier molecular flexibility index (Phi) is 5.27. The second kappa shape index (κ2) is 6.99. The third kappa shape index (κ3) is 4.12. The Hall–Kier alpha value is -1.78. The van der Waals surface area contributed by atoms with Gasteiger partial charge >= 0.3 is 0 Å². The van der Waals surface area contributed by atoms with Gasteiger partial charge in [-0.05, 0) is 43.2 Å². The van der Waals surface area contributed by atoms with Crippen LogP contribution in [0.15, 0.2) is 29.1 Å². The Morgan fingerprint density at radius 2 is 1.91 bits per heavy atom. The van der Waals surface area contributed by atoms with Crippen molar-refractivity contribution in [1.82, 2.24) is 10.3 Å². The van der Waals surface area contributed by atoms with Gasteiger partial charge in [-0.1, -0.05) is 29.3 Å². The van der Waals surface area contributed by atoms with Gasteiger partial charge in [0.1, 0.15) is 0 Å². The molecule has 1 amide bonds. The summed E-state index contributed by atoms with van der Waals surface area (Å²) in [6.45, 7) is 3.87.